The molecule has 5 nitrogen and oxygen atoms in total. The zero-order valence-corrected chi connectivity index (χ0v) is 14.3. The number of rotatable bonds is 3. The van der Waals surface area contributed by atoms with Gasteiger partial charge in [-0.25, -0.2) is 4.79 Å². The van der Waals surface area contributed by atoms with Crippen molar-refractivity contribution in [3.63, 3.8) is 0 Å². The van der Waals surface area contributed by atoms with E-state index in [1.165, 1.54) is 0 Å². The SMILES string of the molecule is CC(O)CC1CCCN1C(=O)Nc1ccc2c(c1)C(=O)CCCC2. The summed E-state index contributed by atoms with van der Waals surface area (Å²) < 4.78 is 0. The van der Waals surface area contributed by atoms with Crippen molar-refractivity contribution in [3.8, 4) is 0 Å². The van der Waals surface area contributed by atoms with Gasteiger partial charge in [0.15, 0.2) is 5.78 Å². The largest absolute Gasteiger partial charge is 0.393 e. The maximum Gasteiger partial charge on any atom is 0.322 e. The monoisotopic (exact) mass is 330 g/mol. The van der Waals surface area contributed by atoms with Crippen molar-refractivity contribution in [1.29, 1.82) is 0 Å². The molecule has 0 radical (unpaired) electrons. The summed E-state index contributed by atoms with van der Waals surface area (Å²) in [6.07, 6.45) is 5.59. The van der Waals surface area contributed by atoms with Gasteiger partial charge in [-0.2, -0.15) is 0 Å². The third-order valence-electron chi connectivity index (χ3n) is 5.01. The molecule has 1 fully saturated rings. The van der Waals surface area contributed by atoms with E-state index >= 15 is 0 Å². The molecule has 1 aliphatic heterocycles. The Hall–Kier alpha value is -1.88. The zero-order valence-electron chi connectivity index (χ0n) is 14.3. The standard InChI is InChI=1S/C19H26N2O3/c1-13(22)11-16-6-4-10-21(16)19(24)20-15-9-8-14-5-2-3-7-18(23)17(14)12-15/h8-9,12-13,16,22H,2-7,10-11H2,1H3,(H,20,24). The van der Waals surface area contributed by atoms with Gasteiger partial charge in [0, 0.05) is 30.3 Å². The molecule has 1 saturated heterocycles. The van der Waals surface area contributed by atoms with E-state index in [-0.39, 0.29) is 17.9 Å². The van der Waals surface area contributed by atoms with Gasteiger partial charge in [0.2, 0.25) is 0 Å². The number of Topliss-reactive ketones (excluding diaryl/α,β-unsaturated/α-hetero) is 1. The summed E-state index contributed by atoms with van der Waals surface area (Å²) >= 11 is 0. The fourth-order valence-electron chi connectivity index (χ4n) is 3.80. The van der Waals surface area contributed by atoms with Crippen LogP contribution in [-0.2, 0) is 6.42 Å². The van der Waals surface area contributed by atoms with Gasteiger partial charge in [0.25, 0.3) is 0 Å². The van der Waals surface area contributed by atoms with Crippen molar-refractivity contribution in [3.05, 3.63) is 29.3 Å². The number of likely N-dealkylation sites (tertiary alicyclic amines) is 1. The Labute approximate surface area is 143 Å². The minimum atomic E-state index is -0.409. The van der Waals surface area contributed by atoms with E-state index in [0.717, 1.165) is 43.2 Å². The van der Waals surface area contributed by atoms with Gasteiger partial charge in [-0.3, -0.25) is 4.79 Å². The van der Waals surface area contributed by atoms with Crippen LogP contribution in [0, 0.1) is 0 Å². The molecule has 2 N–H and O–H groups in total. The number of nitrogens with zero attached hydrogens (tertiary/aromatic N) is 1. The van der Waals surface area contributed by atoms with Gasteiger partial charge >= 0.3 is 6.03 Å². The van der Waals surface area contributed by atoms with Gasteiger partial charge in [-0.15, -0.1) is 0 Å². The highest BCUT2D eigenvalue weighted by molar-refractivity contribution is 6.00. The van der Waals surface area contributed by atoms with E-state index in [1.54, 1.807) is 11.8 Å². The number of carbonyl (C=O) groups is 2. The van der Waals surface area contributed by atoms with Gasteiger partial charge in [-0.05, 0) is 63.1 Å². The molecule has 24 heavy (non-hydrogen) atoms. The first kappa shape index (κ1) is 17.0. The van der Waals surface area contributed by atoms with E-state index in [9.17, 15) is 14.7 Å². The fraction of sp³-hybridized carbons (Fsp3) is 0.579. The normalized spacial score (nSPS) is 22.0. The molecule has 0 aromatic heterocycles. The second kappa shape index (κ2) is 7.34. The Bertz CT molecular complexity index is 627. The average Bonchev–Trinajstić information content (AvgIpc) is 2.91. The highest BCUT2D eigenvalue weighted by Crippen LogP contribution is 2.26. The maximum absolute atomic E-state index is 12.6. The smallest absolute Gasteiger partial charge is 0.322 e. The molecular weight excluding hydrogens is 304 g/mol. The third-order valence-corrected chi connectivity index (χ3v) is 5.01. The van der Waals surface area contributed by atoms with Crippen LogP contribution in [0.4, 0.5) is 10.5 Å². The van der Waals surface area contributed by atoms with Crippen LogP contribution in [0.1, 0.15) is 61.4 Å². The van der Waals surface area contributed by atoms with Crippen LogP contribution in [0.3, 0.4) is 0 Å². The Balaban J connectivity index is 1.71. The molecule has 2 atom stereocenters. The molecule has 0 bridgehead atoms. The molecule has 0 saturated carbocycles. The van der Waals surface area contributed by atoms with Gasteiger partial charge in [0.1, 0.15) is 0 Å². The molecule has 5 heteroatoms. The van der Waals surface area contributed by atoms with Crippen LogP contribution in [-0.4, -0.2) is 40.5 Å². The lowest BCUT2D eigenvalue weighted by Gasteiger charge is -2.26. The first-order chi connectivity index (χ1) is 11.5. The predicted octanol–water partition coefficient (Wildman–Crippen LogP) is 3.36. The quantitative estimate of drug-likeness (QED) is 0.835. The molecule has 0 spiro atoms. The summed E-state index contributed by atoms with van der Waals surface area (Å²) in [5, 5.41) is 12.5. The summed E-state index contributed by atoms with van der Waals surface area (Å²) in [4.78, 5) is 26.6. The minimum absolute atomic E-state index is 0.0902. The van der Waals surface area contributed by atoms with Crippen LogP contribution >= 0.6 is 0 Å². The Morgan fingerprint density at radius 2 is 2.12 bits per heavy atom. The number of nitrogens with one attached hydrogen (secondary N) is 1. The number of aryl methyl sites for hydroxylation is 1. The lowest BCUT2D eigenvalue weighted by atomic mass is 10.0. The molecule has 2 amide bonds. The summed E-state index contributed by atoms with van der Waals surface area (Å²) in [6.45, 7) is 2.47. The van der Waals surface area contributed by atoms with Crippen LogP contribution in [0.5, 0.6) is 0 Å². The Kier molecular flexibility index (Phi) is 5.19. The van der Waals surface area contributed by atoms with E-state index in [1.807, 2.05) is 18.2 Å². The van der Waals surface area contributed by atoms with E-state index < -0.39 is 6.10 Å². The molecule has 1 aromatic rings. The van der Waals surface area contributed by atoms with Crippen LogP contribution in [0.25, 0.3) is 0 Å². The van der Waals surface area contributed by atoms with Crippen LogP contribution in [0.2, 0.25) is 0 Å². The van der Waals surface area contributed by atoms with Gasteiger partial charge in [-0.1, -0.05) is 6.07 Å². The molecule has 1 heterocycles. The van der Waals surface area contributed by atoms with E-state index in [4.69, 9.17) is 0 Å². The van der Waals surface area contributed by atoms with Crippen LogP contribution < -0.4 is 5.32 Å². The van der Waals surface area contributed by atoms with E-state index in [0.29, 0.717) is 25.1 Å². The predicted molar refractivity (Wildman–Crippen MR) is 93.4 cm³/mol. The highest BCUT2D eigenvalue weighted by atomic mass is 16.3. The lowest BCUT2D eigenvalue weighted by molar-refractivity contribution is 0.0982. The molecule has 3 rings (SSSR count). The molecule has 130 valence electrons. The lowest BCUT2D eigenvalue weighted by Crippen LogP contribution is -2.40. The number of anilines is 1. The summed E-state index contributed by atoms with van der Waals surface area (Å²) in [7, 11) is 0. The summed E-state index contributed by atoms with van der Waals surface area (Å²) in [5.74, 6) is 0.173. The number of ketones is 1. The Morgan fingerprint density at radius 1 is 1.33 bits per heavy atom. The second-order valence-electron chi connectivity index (χ2n) is 7.01. The van der Waals surface area contributed by atoms with Gasteiger partial charge in [0.05, 0.1) is 6.10 Å². The number of aliphatic hydroxyl groups is 1. The molecule has 2 aliphatic rings. The molecule has 1 aliphatic carbocycles. The number of hydrogen-bond acceptors (Lipinski definition) is 3. The fourth-order valence-corrected chi connectivity index (χ4v) is 3.80. The third kappa shape index (κ3) is 3.78. The number of amides is 2. The summed E-state index contributed by atoms with van der Waals surface area (Å²) in [6, 6.07) is 5.62. The van der Waals surface area contributed by atoms with Crippen molar-refractivity contribution in [1.82, 2.24) is 4.90 Å². The molecule has 1 aromatic carbocycles. The van der Waals surface area contributed by atoms with Crippen molar-refractivity contribution in [2.75, 3.05) is 11.9 Å². The Morgan fingerprint density at radius 3 is 2.92 bits per heavy atom. The zero-order chi connectivity index (χ0) is 17.1. The number of fused-ring (bicyclic) bond motifs is 1. The average molecular weight is 330 g/mol. The van der Waals surface area contributed by atoms with Gasteiger partial charge < -0.3 is 15.3 Å². The van der Waals surface area contributed by atoms with E-state index in [2.05, 4.69) is 5.32 Å². The highest BCUT2D eigenvalue weighted by Gasteiger charge is 2.29. The topological polar surface area (TPSA) is 69.6 Å². The number of hydrogen-bond donors (Lipinski definition) is 2. The van der Waals surface area contributed by atoms with Crippen molar-refractivity contribution in [2.45, 2.75) is 64.0 Å². The minimum Gasteiger partial charge on any atom is -0.393 e. The molecule has 2 unspecified atom stereocenters. The van der Waals surface area contributed by atoms with Crippen molar-refractivity contribution >= 4 is 17.5 Å². The number of urea groups is 1. The first-order valence-electron chi connectivity index (χ1n) is 8.96. The number of carbonyl (C=O) groups excluding carboxylic acids is 2. The van der Waals surface area contributed by atoms with Crippen molar-refractivity contribution < 1.29 is 14.7 Å². The first-order valence-corrected chi connectivity index (χ1v) is 8.96. The van der Waals surface area contributed by atoms with Crippen LogP contribution in [0.15, 0.2) is 18.2 Å². The number of benzene rings is 1. The number of aliphatic hydroxyl groups excluding tert-OH is 1. The maximum atomic E-state index is 12.6. The second-order valence-corrected chi connectivity index (χ2v) is 7.01. The molecular formula is C19H26N2O3. The van der Waals surface area contributed by atoms with Crippen molar-refractivity contribution in [2.24, 2.45) is 0 Å². The summed E-state index contributed by atoms with van der Waals surface area (Å²) in [5.41, 5.74) is 2.52.